The molecule has 1 N–H and O–H groups in total. The van der Waals surface area contributed by atoms with Gasteiger partial charge in [0, 0.05) is 18.4 Å². The van der Waals surface area contributed by atoms with Crippen LogP contribution in [-0.2, 0) is 6.42 Å². The van der Waals surface area contributed by atoms with Crippen molar-refractivity contribution in [1.82, 2.24) is 10.3 Å². The highest BCUT2D eigenvalue weighted by molar-refractivity contribution is 5.08. The van der Waals surface area contributed by atoms with Gasteiger partial charge in [0.15, 0.2) is 0 Å². The van der Waals surface area contributed by atoms with Crippen LogP contribution in [0.5, 0.6) is 0 Å². The molecule has 0 spiro atoms. The van der Waals surface area contributed by atoms with Gasteiger partial charge in [-0.05, 0) is 37.4 Å². The standard InChI is InChI=1S/C12H20N2/c1-3-12(4-2)14-9-7-11-6-5-8-13-10-11/h5-6,8,10,12,14H,3-4,7,9H2,1-2H3. The highest BCUT2D eigenvalue weighted by Gasteiger charge is 2.00. The second-order valence-corrected chi connectivity index (χ2v) is 3.58. The molecule has 0 radical (unpaired) electrons. The SMILES string of the molecule is CCC(CC)NCCc1cccnc1. The maximum absolute atomic E-state index is 4.09. The molecule has 1 aromatic heterocycles. The van der Waals surface area contributed by atoms with Crippen molar-refractivity contribution in [3.63, 3.8) is 0 Å². The van der Waals surface area contributed by atoms with Crippen molar-refractivity contribution in [2.75, 3.05) is 6.54 Å². The van der Waals surface area contributed by atoms with Crippen LogP contribution in [0.3, 0.4) is 0 Å². The number of nitrogens with zero attached hydrogens (tertiary/aromatic N) is 1. The van der Waals surface area contributed by atoms with Gasteiger partial charge < -0.3 is 5.32 Å². The van der Waals surface area contributed by atoms with Crippen molar-refractivity contribution in [3.8, 4) is 0 Å². The van der Waals surface area contributed by atoms with E-state index in [0.717, 1.165) is 13.0 Å². The second kappa shape index (κ2) is 6.55. The third kappa shape index (κ3) is 3.88. The van der Waals surface area contributed by atoms with Crippen molar-refractivity contribution in [2.24, 2.45) is 0 Å². The molecule has 0 aliphatic carbocycles. The van der Waals surface area contributed by atoms with Crippen LogP contribution < -0.4 is 5.32 Å². The van der Waals surface area contributed by atoms with Crippen molar-refractivity contribution >= 4 is 0 Å². The summed E-state index contributed by atoms with van der Waals surface area (Å²) >= 11 is 0. The fourth-order valence-corrected chi connectivity index (χ4v) is 1.54. The van der Waals surface area contributed by atoms with Crippen LogP contribution in [0.4, 0.5) is 0 Å². The summed E-state index contributed by atoms with van der Waals surface area (Å²) in [7, 11) is 0. The molecule has 1 rings (SSSR count). The lowest BCUT2D eigenvalue weighted by molar-refractivity contribution is 0.488. The van der Waals surface area contributed by atoms with E-state index < -0.39 is 0 Å². The van der Waals surface area contributed by atoms with E-state index in [1.54, 1.807) is 0 Å². The van der Waals surface area contributed by atoms with E-state index >= 15 is 0 Å². The Morgan fingerprint density at radius 2 is 2.14 bits per heavy atom. The van der Waals surface area contributed by atoms with E-state index in [2.05, 4.69) is 30.2 Å². The molecule has 1 aromatic rings. The Balaban J connectivity index is 2.21. The number of hydrogen-bond acceptors (Lipinski definition) is 2. The first kappa shape index (κ1) is 11.2. The molecular weight excluding hydrogens is 172 g/mol. The Bertz CT molecular complexity index is 229. The van der Waals surface area contributed by atoms with Gasteiger partial charge in [0.25, 0.3) is 0 Å². The van der Waals surface area contributed by atoms with Crippen LogP contribution in [0.25, 0.3) is 0 Å². The van der Waals surface area contributed by atoms with E-state index in [0.29, 0.717) is 6.04 Å². The van der Waals surface area contributed by atoms with Crippen LogP contribution in [0, 0.1) is 0 Å². The average Bonchev–Trinajstić information content (AvgIpc) is 2.26. The summed E-state index contributed by atoms with van der Waals surface area (Å²) in [5.41, 5.74) is 1.31. The summed E-state index contributed by atoms with van der Waals surface area (Å²) in [6, 6.07) is 4.79. The molecule has 78 valence electrons. The molecule has 1 heterocycles. The zero-order valence-corrected chi connectivity index (χ0v) is 9.16. The summed E-state index contributed by atoms with van der Waals surface area (Å²) in [4.78, 5) is 4.09. The molecule has 0 saturated heterocycles. The quantitative estimate of drug-likeness (QED) is 0.748. The lowest BCUT2D eigenvalue weighted by Gasteiger charge is -2.14. The van der Waals surface area contributed by atoms with E-state index in [1.165, 1.54) is 18.4 Å². The highest BCUT2D eigenvalue weighted by Crippen LogP contribution is 1.98. The second-order valence-electron chi connectivity index (χ2n) is 3.58. The van der Waals surface area contributed by atoms with Gasteiger partial charge in [-0.1, -0.05) is 19.9 Å². The van der Waals surface area contributed by atoms with E-state index in [4.69, 9.17) is 0 Å². The molecule has 0 saturated carbocycles. The van der Waals surface area contributed by atoms with E-state index in [9.17, 15) is 0 Å². The first-order valence-electron chi connectivity index (χ1n) is 5.49. The van der Waals surface area contributed by atoms with E-state index in [-0.39, 0.29) is 0 Å². The Morgan fingerprint density at radius 3 is 2.71 bits per heavy atom. The minimum atomic E-state index is 0.673. The molecular formula is C12H20N2. The molecule has 0 fully saturated rings. The van der Waals surface area contributed by atoms with E-state index in [1.807, 2.05) is 18.5 Å². The molecule has 0 aliphatic heterocycles. The number of hydrogen-bond donors (Lipinski definition) is 1. The summed E-state index contributed by atoms with van der Waals surface area (Å²) in [6.07, 6.45) is 7.25. The first-order chi connectivity index (χ1) is 6.86. The molecule has 0 atom stereocenters. The number of nitrogens with one attached hydrogen (secondary N) is 1. The first-order valence-corrected chi connectivity index (χ1v) is 5.49. The van der Waals surface area contributed by atoms with Gasteiger partial charge in [-0.15, -0.1) is 0 Å². The zero-order chi connectivity index (χ0) is 10.2. The molecule has 14 heavy (non-hydrogen) atoms. The summed E-state index contributed by atoms with van der Waals surface area (Å²) in [5, 5.41) is 3.54. The van der Waals surface area contributed by atoms with Gasteiger partial charge in [-0.25, -0.2) is 0 Å². The van der Waals surface area contributed by atoms with Gasteiger partial charge in [-0.3, -0.25) is 4.98 Å². The smallest absolute Gasteiger partial charge is 0.0300 e. The normalized spacial score (nSPS) is 10.8. The molecule has 0 unspecified atom stereocenters. The van der Waals surface area contributed by atoms with Gasteiger partial charge >= 0.3 is 0 Å². The van der Waals surface area contributed by atoms with Crippen molar-refractivity contribution in [1.29, 1.82) is 0 Å². The van der Waals surface area contributed by atoms with Crippen LogP contribution in [0.1, 0.15) is 32.3 Å². The number of aromatic nitrogens is 1. The maximum Gasteiger partial charge on any atom is 0.0300 e. The molecule has 0 aromatic carbocycles. The number of pyridine rings is 1. The molecule has 2 heteroatoms. The Morgan fingerprint density at radius 1 is 1.36 bits per heavy atom. The third-order valence-corrected chi connectivity index (χ3v) is 2.56. The van der Waals surface area contributed by atoms with Gasteiger partial charge in [0.05, 0.1) is 0 Å². The van der Waals surface area contributed by atoms with Crippen LogP contribution >= 0.6 is 0 Å². The Kier molecular flexibility index (Phi) is 5.23. The van der Waals surface area contributed by atoms with Crippen molar-refractivity contribution in [2.45, 2.75) is 39.2 Å². The highest BCUT2D eigenvalue weighted by atomic mass is 14.9. The van der Waals surface area contributed by atoms with Crippen molar-refractivity contribution < 1.29 is 0 Å². The molecule has 0 amide bonds. The minimum absolute atomic E-state index is 0.673. The van der Waals surface area contributed by atoms with Gasteiger partial charge in [0.1, 0.15) is 0 Å². The largest absolute Gasteiger partial charge is 0.314 e. The lowest BCUT2D eigenvalue weighted by Crippen LogP contribution is -2.29. The van der Waals surface area contributed by atoms with Crippen molar-refractivity contribution in [3.05, 3.63) is 30.1 Å². The monoisotopic (exact) mass is 192 g/mol. The Hall–Kier alpha value is -0.890. The van der Waals surface area contributed by atoms with Crippen LogP contribution in [-0.4, -0.2) is 17.6 Å². The zero-order valence-electron chi connectivity index (χ0n) is 9.16. The van der Waals surface area contributed by atoms with Crippen LogP contribution in [0.15, 0.2) is 24.5 Å². The van der Waals surface area contributed by atoms with Gasteiger partial charge in [0.2, 0.25) is 0 Å². The fraction of sp³-hybridized carbons (Fsp3) is 0.583. The lowest BCUT2D eigenvalue weighted by atomic mass is 10.1. The number of rotatable bonds is 6. The maximum atomic E-state index is 4.09. The van der Waals surface area contributed by atoms with Gasteiger partial charge in [-0.2, -0.15) is 0 Å². The molecule has 0 aliphatic rings. The predicted molar refractivity (Wildman–Crippen MR) is 60.3 cm³/mol. The summed E-state index contributed by atoms with van der Waals surface area (Å²) < 4.78 is 0. The molecule has 0 bridgehead atoms. The predicted octanol–water partition coefficient (Wildman–Crippen LogP) is 2.40. The average molecular weight is 192 g/mol. The summed E-state index contributed by atoms with van der Waals surface area (Å²) in [6.45, 7) is 5.51. The molecule has 2 nitrogen and oxygen atoms in total. The Labute approximate surface area is 86.8 Å². The summed E-state index contributed by atoms with van der Waals surface area (Å²) in [5.74, 6) is 0. The topological polar surface area (TPSA) is 24.9 Å². The minimum Gasteiger partial charge on any atom is -0.314 e. The van der Waals surface area contributed by atoms with Crippen LogP contribution in [0.2, 0.25) is 0 Å². The third-order valence-electron chi connectivity index (χ3n) is 2.56. The fourth-order valence-electron chi connectivity index (χ4n) is 1.54.